The molecule has 2 unspecified atom stereocenters. The number of hydrogen-bond acceptors (Lipinski definition) is 3. The van der Waals surface area contributed by atoms with Gasteiger partial charge in [0, 0.05) is 18.2 Å². The van der Waals surface area contributed by atoms with Crippen LogP contribution in [0.1, 0.15) is 36.5 Å². The second-order valence-electron chi connectivity index (χ2n) is 5.42. The molecule has 1 fully saturated rings. The van der Waals surface area contributed by atoms with Crippen LogP contribution in [0.2, 0.25) is 5.02 Å². The fourth-order valence-corrected chi connectivity index (χ4v) is 2.83. The van der Waals surface area contributed by atoms with Crippen molar-refractivity contribution in [1.82, 2.24) is 5.32 Å². The number of rotatable bonds is 4. The zero-order chi connectivity index (χ0) is 14.7. The van der Waals surface area contributed by atoms with E-state index < -0.39 is 4.92 Å². The molecule has 1 N–H and O–H groups in total. The van der Waals surface area contributed by atoms with Crippen LogP contribution in [0.5, 0.6) is 0 Å². The van der Waals surface area contributed by atoms with Crippen LogP contribution in [0.4, 0.5) is 5.69 Å². The van der Waals surface area contributed by atoms with Crippen molar-refractivity contribution < 1.29 is 9.72 Å². The summed E-state index contributed by atoms with van der Waals surface area (Å²) >= 11 is 5.72. The third-order valence-electron chi connectivity index (χ3n) is 3.76. The van der Waals surface area contributed by atoms with E-state index in [0.717, 1.165) is 12.8 Å². The van der Waals surface area contributed by atoms with Gasteiger partial charge in [-0.1, -0.05) is 24.9 Å². The van der Waals surface area contributed by atoms with E-state index in [0.29, 0.717) is 18.4 Å². The second-order valence-corrected chi connectivity index (χ2v) is 5.82. The lowest BCUT2D eigenvalue weighted by atomic mass is 10.1. The Morgan fingerprint density at radius 1 is 1.50 bits per heavy atom. The van der Waals surface area contributed by atoms with E-state index in [9.17, 15) is 14.9 Å². The van der Waals surface area contributed by atoms with Crippen LogP contribution in [0.3, 0.4) is 0 Å². The molecule has 0 heterocycles. The number of hydrogen-bond donors (Lipinski definition) is 1. The summed E-state index contributed by atoms with van der Waals surface area (Å²) in [6.45, 7) is 2.84. The first-order chi connectivity index (χ1) is 9.47. The maximum atomic E-state index is 12.0. The molecule has 20 heavy (non-hydrogen) atoms. The van der Waals surface area contributed by atoms with Gasteiger partial charge >= 0.3 is 0 Å². The summed E-state index contributed by atoms with van der Waals surface area (Å²) in [5.74, 6) is 0.939. The lowest BCUT2D eigenvalue weighted by Gasteiger charge is -2.11. The highest BCUT2D eigenvalue weighted by Crippen LogP contribution is 2.30. The third-order valence-corrected chi connectivity index (χ3v) is 4.08. The summed E-state index contributed by atoms with van der Waals surface area (Å²) in [5, 5.41) is 13.7. The van der Waals surface area contributed by atoms with Crippen LogP contribution in [0.25, 0.3) is 0 Å². The molecule has 2 rings (SSSR count). The Morgan fingerprint density at radius 3 is 2.85 bits per heavy atom. The highest BCUT2D eigenvalue weighted by atomic mass is 35.5. The molecule has 1 aliphatic carbocycles. The standard InChI is InChI=1S/C14H17ClN2O3/c1-9-2-3-10(6-9)8-16-14(18)11-4-5-12(15)13(7-11)17(19)20/h4-5,7,9-10H,2-3,6,8H2,1H3,(H,16,18). The molecule has 6 heteroatoms. The molecule has 0 radical (unpaired) electrons. The van der Waals surface area contributed by atoms with Gasteiger partial charge in [-0.2, -0.15) is 0 Å². The van der Waals surface area contributed by atoms with E-state index in [1.54, 1.807) is 0 Å². The summed E-state index contributed by atoms with van der Waals surface area (Å²) in [6.07, 6.45) is 3.45. The number of carbonyl (C=O) groups is 1. The zero-order valence-corrected chi connectivity index (χ0v) is 12.0. The Labute approximate surface area is 122 Å². The van der Waals surface area contributed by atoms with Gasteiger partial charge in [0.1, 0.15) is 5.02 Å². The normalized spacial score (nSPS) is 21.7. The van der Waals surface area contributed by atoms with Crippen LogP contribution >= 0.6 is 11.6 Å². The lowest BCUT2D eigenvalue weighted by Crippen LogP contribution is -2.28. The first-order valence-corrected chi connectivity index (χ1v) is 7.07. The van der Waals surface area contributed by atoms with Crippen LogP contribution in [-0.4, -0.2) is 17.4 Å². The second kappa shape index (κ2) is 6.22. The maximum absolute atomic E-state index is 12.0. The van der Waals surface area contributed by atoms with E-state index in [-0.39, 0.29) is 22.2 Å². The highest BCUT2D eigenvalue weighted by Gasteiger charge is 2.22. The van der Waals surface area contributed by atoms with Crippen LogP contribution in [-0.2, 0) is 0 Å². The minimum absolute atomic E-state index is 0.0381. The van der Waals surface area contributed by atoms with Crippen molar-refractivity contribution in [3.8, 4) is 0 Å². The Kier molecular flexibility index (Phi) is 4.60. The molecule has 0 spiro atoms. The van der Waals surface area contributed by atoms with E-state index in [1.807, 2.05) is 0 Å². The van der Waals surface area contributed by atoms with Crippen LogP contribution in [0, 0.1) is 22.0 Å². The third kappa shape index (κ3) is 3.48. The number of nitro groups is 1. The maximum Gasteiger partial charge on any atom is 0.288 e. The average molecular weight is 297 g/mol. The molecule has 2 atom stereocenters. The predicted molar refractivity (Wildman–Crippen MR) is 76.9 cm³/mol. The topological polar surface area (TPSA) is 72.2 Å². The molecule has 1 aliphatic rings. The summed E-state index contributed by atoms with van der Waals surface area (Å²) in [4.78, 5) is 22.2. The Morgan fingerprint density at radius 2 is 2.25 bits per heavy atom. The van der Waals surface area contributed by atoms with E-state index in [2.05, 4.69) is 12.2 Å². The molecule has 0 aliphatic heterocycles. The van der Waals surface area contributed by atoms with Crippen molar-refractivity contribution in [2.24, 2.45) is 11.8 Å². The minimum Gasteiger partial charge on any atom is -0.352 e. The minimum atomic E-state index is -0.586. The number of nitro benzene ring substituents is 1. The van der Waals surface area contributed by atoms with Gasteiger partial charge in [0.05, 0.1) is 4.92 Å². The molecule has 1 saturated carbocycles. The molecule has 1 aromatic rings. The SMILES string of the molecule is CC1CCC(CNC(=O)c2ccc(Cl)c([N+](=O)[O-])c2)C1. The van der Waals surface area contributed by atoms with E-state index >= 15 is 0 Å². The molecular weight excluding hydrogens is 280 g/mol. The van der Waals surface area contributed by atoms with Gasteiger partial charge < -0.3 is 5.32 Å². The number of benzene rings is 1. The molecule has 5 nitrogen and oxygen atoms in total. The average Bonchev–Trinajstić information content (AvgIpc) is 2.82. The van der Waals surface area contributed by atoms with Crippen molar-refractivity contribution >= 4 is 23.2 Å². The highest BCUT2D eigenvalue weighted by molar-refractivity contribution is 6.32. The Balaban J connectivity index is 1.99. The summed E-state index contributed by atoms with van der Waals surface area (Å²) in [7, 11) is 0. The molecule has 0 saturated heterocycles. The molecule has 108 valence electrons. The van der Waals surface area contributed by atoms with Gasteiger partial charge in [-0.05, 0) is 36.8 Å². The largest absolute Gasteiger partial charge is 0.352 e. The van der Waals surface area contributed by atoms with Gasteiger partial charge in [0.15, 0.2) is 0 Å². The number of carbonyl (C=O) groups excluding carboxylic acids is 1. The summed E-state index contributed by atoms with van der Waals surface area (Å²) in [6, 6.07) is 4.10. The Hall–Kier alpha value is -1.62. The summed E-state index contributed by atoms with van der Waals surface area (Å²) in [5.41, 5.74) is 0.0287. The zero-order valence-electron chi connectivity index (χ0n) is 11.3. The lowest BCUT2D eigenvalue weighted by molar-refractivity contribution is -0.384. The van der Waals surface area contributed by atoms with Gasteiger partial charge in [-0.3, -0.25) is 14.9 Å². The fourth-order valence-electron chi connectivity index (χ4n) is 2.64. The number of halogens is 1. The fraction of sp³-hybridized carbons (Fsp3) is 0.500. The quantitative estimate of drug-likeness (QED) is 0.683. The van der Waals surface area contributed by atoms with Gasteiger partial charge in [-0.15, -0.1) is 0 Å². The van der Waals surface area contributed by atoms with Crippen LogP contribution < -0.4 is 5.32 Å². The monoisotopic (exact) mass is 296 g/mol. The van der Waals surface area contributed by atoms with Crippen LogP contribution in [0.15, 0.2) is 18.2 Å². The molecule has 1 aromatic carbocycles. The number of amides is 1. The molecule has 0 bridgehead atoms. The van der Waals surface area contributed by atoms with Gasteiger partial charge in [0.2, 0.25) is 0 Å². The predicted octanol–water partition coefficient (Wildman–Crippen LogP) is 3.41. The van der Waals surface area contributed by atoms with E-state index in [1.165, 1.54) is 24.6 Å². The van der Waals surface area contributed by atoms with Crippen molar-refractivity contribution in [2.45, 2.75) is 26.2 Å². The van der Waals surface area contributed by atoms with Gasteiger partial charge in [-0.25, -0.2) is 0 Å². The smallest absolute Gasteiger partial charge is 0.288 e. The van der Waals surface area contributed by atoms with Gasteiger partial charge in [0.25, 0.3) is 11.6 Å². The summed E-state index contributed by atoms with van der Waals surface area (Å²) < 4.78 is 0. The molecular formula is C14H17ClN2O3. The number of nitrogens with one attached hydrogen (secondary N) is 1. The van der Waals surface area contributed by atoms with Crippen molar-refractivity contribution in [2.75, 3.05) is 6.54 Å². The molecule has 1 amide bonds. The van der Waals surface area contributed by atoms with Crippen molar-refractivity contribution in [1.29, 1.82) is 0 Å². The van der Waals surface area contributed by atoms with Crippen molar-refractivity contribution in [3.05, 3.63) is 38.9 Å². The van der Waals surface area contributed by atoms with Crippen molar-refractivity contribution in [3.63, 3.8) is 0 Å². The first-order valence-electron chi connectivity index (χ1n) is 6.69. The number of nitrogens with zero attached hydrogens (tertiary/aromatic N) is 1. The first kappa shape index (κ1) is 14.8. The Bertz CT molecular complexity index is 533. The molecule has 0 aromatic heterocycles. The van der Waals surface area contributed by atoms with E-state index in [4.69, 9.17) is 11.6 Å².